The molecule has 5 nitrogen and oxygen atoms in total. The minimum absolute atomic E-state index is 0.0310. The number of carbonyl (C=O) groups is 1. The number of nitrogens with one attached hydrogen (secondary N) is 1. The lowest BCUT2D eigenvalue weighted by molar-refractivity contribution is -0.119. The molecule has 0 unspecified atom stereocenters. The maximum absolute atomic E-state index is 12.9. The summed E-state index contributed by atoms with van der Waals surface area (Å²) in [6.45, 7) is 5.02. The highest BCUT2D eigenvalue weighted by atomic mass is 32.1. The predicted molar refractivity (Wildman–Crippen MR) is 90.2 cm³/mol. The smallest absolute Gasteiger partial charge is 0.239 e. The summed E-state index contributed by atoms with van der Waals surface area (Å²) in [5.41, 5.74) is 0.952. The monoisotopic (exact) mass is 336 g/mol. The Kier molecular flexibility index (Phi) is 6.04. The third kappa shape index (κ3) is 5.59. The first-order valence-electron chi connectivity index (χ1n) is 7.49. The average Bonchev–Trinajstić information content (AvgIpc) is 2.96. The van der Waals surface area contributed by atoms with E-state index in [0.717, 1.165) is 5.56 Å². The molecule has 2 rings (SSSR count). The van der Waals surface area contributed by atoms with Crippen molar-refractivity contribution in [2.45, 2.75) is 20.3 Å². The van der Waals surface area contributed by atoms with Crippen molar-refractivity contribution in [1.29, 1.82) is 0 Å². The predicted octanol–water partition coefficient (Wildman–Crippen LogP) is 2.48. The molecule has 0 spiro atoms. The van der Waals surface area contributed by atoms with Crippen molar-refractivity contribution in [2.75, 3.05) is 25.0 Å². The minimum Gasteiger partial charge on any atom is -0.354 e. The number of aromatic nitrogens is 2. The SMILES string of the molecule is CC(C)CNC(=O)CN(C)c1nc(Cc2ccc(F)cc2)ns1. The zero-order valence-corrected chi connectivity index (χ0v) is 14.4. The summed E-state index contributed by atoms with van der Waals surface area (Å²) in [6.07, 6.45) is 0.546. The van der Waals surface area contributed by atoms with Crippen LogP contribution in [0.3, 0.4) is 0 Å². The first-order valence-corrected chi connectivity index (χ1v) is 8.26. The number of hydrogen-bond acceptors (Lipinski definition) is 5. The molecule has 1 N–H and O–H groups in total. The fraction of sp³-hybridized carbons (Fsp3) is 0.438. The lowest BCUT2D eigenvalue weighted by Gasteiger charge is -2.15. The fourth-order valence-electron chi connectivity index (χ4n) is 1.91. The molecule has 0 saturated carbocycles. The number of halogens is 1. The third-order valence-electron chi connectivity index (χ3n) is 3.15. The van der Waals surface area contributed by atoms with Gasteiger partial charge in [0.15, 0.2) is 0 Å². The van der Waals surface area contributed by atoms with Crippen LogP contribution in [0.25, 0.3) is 0 Å². The minimum atomic E-state index is -0.257. The fourth-order valence-corrected chi connectivity index (χ4v) is 2.56. The van der Waals surface area contributed by atoms with Crippen molar-refractivity contribution in [1.82, 2.24) is 14.7 Å². The molecule has 0 radical (unpaired) electrons. The van der Waals surface area contributed by atoms with E-state index in [2.05, 4.69) is 28.5 Å². The van der Waals surface area contributed by atoms with E-state index in [9.17, 15) is 9.18 Å². The number of nitrogens with zero attached hydrogens (tertiary/aromatic N) is 3. The highest BCUT2D eigenvalue weighted by Gasteiger charge is 2.13. The van der Waals surface area contributed by atoms with Crippen molar-refractivity contribution in [3.05, 3.63) is 41.5 Å². The van der Waals surface area contributed by atoms with Gasteiger partial charge < -0.3 is 10.2 Å². The normalized spacial score (nSPS) is 10.8. The molecule has 1 aromatic heterocycles. The van der Waals surface area contributed by atoms with Gasteiger partial charge in [-0.2, -0.15) is 4.37 Å². The Labute approximate surface area is 139 Å². The van der Waals surface area contributed by atoms with Crippen molar-refractivity contribution < 1.29 is 9.18 Å². The number of amides is 1. The maximum Gasteiger partial charge on any atom is 0.239 e. The van der Waals surface area contributed by atoms with Crippen molar-refractivity contribution in [3.8, 4) is 0 Å². The van der Waals surface area contributed by atoms with E-state index >= 15 is 0 Å². The summed E-state index contributed by atoms with van der Waals surface area (Å²) >= 11 is 1.26. The summed E-state index contributed by atoms with van der Waals surface area (Å²) in [5, 5.41) is 3.57. The molecule has 1 aromatic carbocycles. The highest BCUT2D eigenvalue weighted by Crippen LogP contribution is 2.17. The first kappa shape index (κ1) is 17.3. The quantitative estimate of drug-likeness (QED) is 0.844. The van der Waals surface area contributed by atoms with Gasteiger partial charge in [-0.05, 0) is 23.6 Å². The molecule has 0 atom stereocenters. The molecule has 2 aromatic rings. The van der Waals surface area contributed by atoms with Crippen molar-refractivity contribution in [3.63, 3.8) is 0 Å². The van der Waals surface area contributed by atoms with Crippen molar-refractivity contribution >= 4 is 22.6 Å². The Morgan fingerprint density at radius 3 is 2.70 bits per heavy atom. The van der Waals surface area contributed by atoms with E-state index in [4.69, 9.17) is 0 Å². The number of benzene rings is 1. The Bertz CT molecular complexity index is 642. The highest BCUT2D eigenvalue weighted by molar-refractivity contribution is 7.09. The zero-order chi connectivity index (χ0) is 16.8. The van der Waals surface area contributed by atoms with Crippen LogP contribution in [0.5, 0.6) is 0 Å². The van der Waals surface area contributed by atoms with Crippen LogP contribution in [0.15, 0.2) is 24.3 Å². The molecule has 7 heteroatoms. The lowest BCUT2D eigenvalue weighted by Crippen LogP contribution is -2.36. The van der Waals surface area contributed by atoms with Gasteiger partial charge in [-0.3, -0.25) is 4.79 Å². The second-order valence-corrected chi connectivity index (χ2v) is 6.58. The molecule has 1 amide bonds. The number of anilines is 1. The second-order valence-electron chi connectivity index (χ2n) is 5.85. The van der Waals surface area contributed by atoms with Gasteiger partial charge in [0.1, 0.15) is 11.6 Å². The number of hydrogen-bond donors (Lipinski definition) is 1. The summed E-state index contributed by atoms with van der Waals surface area (Å²) in [6, 6.07) is 6.29. The first-order chi connectivity index (χ1) is 10.9. The topological polar surface area (TPSA) is 58.1 Å². The summed E-state index contributed by atoms with van der Waals surface area (Å²) < 4.78 is 17.2. The van der Waals surface area contributed by atoms with Gasteiger partial charge in [0.25, 0.3) is 0 Å². The van der Waals surface area contributed by atoms with E-state index in [1.807, 2.05) is 7.05 Å². The molecule has 23 heavy (non-hydrogen) atoms. The van der Waals surface area contributed by atoms with Crippen LogP contribution in [0.2, 0.25) is 0 Å². The molecule has 0 bridgehead atoms. The van der Waals surface area contributed by atoms with Gasteiger partial charge in [0.05, 0.1) is 6.54 Å². The maximum atomic E-state index is 12.9. The molecule has 1 heterocycles. The van der Waals surface area contributed by atoms with Gasteiger partial charge in [-0.1, -0.05) is 26.0 Å². The van der Waals surface area contributed by atoms with Gasteiger partial charge in [0, 0.05) is 31.5 Å². The summed E-state index contributed by atoms with van der Waals surface area (Å²) in [7, 11) is 1.82. The Balaban J connectivity index is 1.90. The van der Waals surface area contributed by atoms with E-state index < -0.39 is 0 Å². The van der Waals surface area contributed by atoms with Crippen LogP contribution >= 0.6 is 11.5 Å². The van der Waals surface area contributed by atoms with Gasteiger partial charge in [-0.25, -0.2) is 9.37 Å². The number of carbonyl (C=O) groups excluding carboxylic acids is 1. The van der Waals surface area contributed by atoms with Crippen LogP contribution in [-0.2, 0) is 11.2 Å². The molecular weight excluding hydrogens is 315 g/mol. The van der Waals surface area contributed by atoms with Crippen molar-refractivity contribution in [2.24, 2.45) is 5.92 Å². The van der Waals surface area contributed by atoms with Gasteiger partial charge >= 0.3 is 0 Å². The Morgan fingerprint density at radius 2 is 2.04 bits per heavy atom. The van der Waals surface area contributed by atoms with Crippen LogP contribution < -0.4 is 10.2 Å². The second kappa shape index (κ2) is 8.01. The molecule has 124 valence electrons. The van der Waals surface area contributed by atoms with E-state index in [-0.39, 0.29) is 18.3 Å². The van der Waals surface area contributed by atoms with Gasteiger partial charge in [0.2, 0.25) is 11.0 Å². The molecule has 0 fully saturated rings. The number of rotatable bonds is 7. The molecular formula is C16H21FN4OS. The van der Waals surface area contributed by atoms with E-state index in [0.29, 0.717) is 29.8 Å². The molecule has 0 aliphatic carbocycles. The molecule has 0 saturated heterocycles. The third-order valence-corrected chi connectivity index (χ3v) is 4.02. The Morgan fingerprint density at radius 1 is 1.35 bits per heavy atom. The van der Waals surface area contributed by atoms with Gasteiger partial charge in [-0.15, -0.1) is 0 Å². The standard InChI is InChI=1S/C16H21FN4OS/c1-11(2)9-18-15(22)10-21(3)16-19-14(20-23-16)8-12-4-6-13(17)7-5-12/h4-7,11H,8-10H2,1-3H3,(H,18,22). The van der Waals surface area contributed by atoms with Crippen LogP contribution in [0, 0.1) is 11.7 Å². The molecule has 0 aliphatic rings. The zero-order valence-electron chi connectivity index (χ0n) is 13.5. The van der Waals surface area contributed by atoms with E-state index in [1.165, 1.54) is 23.7 Å². The van der Waals surface area contributed by atoms with Crippen LogP contribution in [-0.4, -0.2) is 35.4 Å². The van der Waals surface area contributed by atoms with Crippen LogP contribution in [0.1, 0.15) is 25.2 Å². The number of likely N-dealkylation sites (N-methyl/N-ethyl adjacent to an activating group) is 1. The van der Waals surface area contributed by atoms with E-state index in [1.54, 1.807) is 17.0 Å². The summed E-state index contributed by atoms with van der Waals surface area (Å²) in [4.78, 5) is 18.0. The summed E-state index contributed by atoms with van der Waals surface area (Å²) in [5.74, 6) is 0.809. The average molecular weight is 336 g/mol. The largest absolute Gasteiger partial charge is 0.354 e. The van der Waals surface area contributed by atoms with Crippen LogP contribution in [0.4, 0.5) is 9.52 Å². The Hall–Kier alpha value is -2.02. The lowest BCUT2D eigenvalue weighted by atomic mass is 10.1. The molecule has 0 aliphatic heterocycles.